The standard InChI is InChI=1S/C18H18FN3O3S/c1-25-10-9-20-16(23)13-3-2-4-15(11-13)21-18(26)22-17(24)12-5-7-14(19)8-6-12/h2-8,11H,9-10H2,1H3,(H,20,23)(H2,21,22,24,26). The summed E-state index contributed by atoms with van der Waals surface area (Å²) in [4.78, 5) is 24.1. The fourth-order valence-corrected chi connectivity index (χ4v) is 2.26. The van der Waals surface area contributed by atoms with E-state index in [1.54, 1.807) is 31.4 Å². The maximum Gasteiger partial charge on any atom is 0.257 e. The SMILES string of the molecule is COCCNC(=O)c1cccc(NC(=S)NC(=O)c2ccc(F)cc2)c1. The molecule has 0 aliphatic carbocycles. The number of halogens is 1. The highest BCUT2D eigenvalue weighted by atomic mass is 32.1. The Morgan fingerprint density at radius 3 is 2.50 bits per heavy atom. The number of carbonyl (C=O) groups excluding carboxylic acids is 2. The summed E-state index contributed by atoms with van der Waals surface area (Å²) in [6, 6.07) is 11.8. The molecular formula is C18H18FN3O3S. The van der Waals surface area contributed by atoms with Crippen LogP contribution in [-0.4, -0.2) is 37.2 Å². The minimum atomic E-state index is -0.462. The monoisotopic (exact) mass is 375 g/mol. The van der Waals surface area contributed by atoms with Crippen molar-refractivity contribution in [2.45, 2.75) is 0 Å². The Bertz CT molecular complexity index is 797. The smallest absolute Gasteiger partial charge is 0.257 e. The van der Waals surface area contributed by atoms with Gasteiger partial charge in [-0.1, -0.05) is 6.07 Å². The van der Waals surface area contributed by atoms with Crippen LogP contribution < -0.4 is 16.0 Å². The van der Waals surface area contributed by atoms with E-state index in [4.69, 9.17) is 17.0 Å². The van der Waals surface area contributed by atoms with Gasteiger partial charge >= 0.3 is 0 Å². The second-order valence-corrected chi connectivity index (χ2v) is 5.65. The van der Waals surface area contributed by atoms with Crippen LogP contribution in [0.2, 0.25) is 0 Å². The van der Waals surface area contributed by atoms with Crippen molar-refractivity contribution in [3.63, 3.8) is 0 Å². The average molecular weight is 375 g/mol. The quantitative estimate of drug-likeness (QED) is 0.533. The summed E-state index contributed by atoms with van der Waals surface area (Å²) in [6.45, 7) is 0.822. The van der Waals surface area contributed by atoms with E-state index >= 15 is 0 Å². The molecule has 8 heteroatoms. The van der Waals surface area contributed by atoms with Gasteiger partial charge in [-0.15, -0.1) is 0 Å². The number of carbonyl (C=O) groups is 2. The van der Waals surface area contributed by atoms with Gasteiger partial charge in [-0.2, -0.15) is 0 Å². The molecule has 2 aromatic carbocycles. The van der Waals surface area contributed by atoms with Gasteiger partial charge < -0.3 is 15.4 Å². The predicted molar refractivity (Wildman–Crippen MR) is 101 cm³/mol. The highest BCUT2D eigenvalue weighted by Gasteiger charge is 2.10. The number of anilines is 1. The maximum absolute atomic E-state index is 12.9. The largest absolute Gasteiger partial charge is 0.383 e. The predicted octanol–water partition coefficient (Wildman–Crippen LogP) is 2.33. The Morgan fingerprint density at radius 1 is 1.08 bits per heavy atom. The van der Waals surface area contributed by atoms with Crippen molar-refractivity contribution in [3.05, 3.63) is 65.5 Å². The summed E-state index contributed by atoms with van der Waals surface area (Å²) >= 11 is 5.10. The van der Waals surface area contributed by atoms with E-state index < -0.39 is 11.7 Å². The van der Waals surface area contributed by atoms with Gasteiger partial charge in [-0.05, 0) is 54.7 Å². The van der Waals surface area contributed by atoms with Crippen LogP contribution >= 0.6 is 12.2 Å². The first-order valence-corrected chi connectivity index (χ1v) is 8.15. The van der Waals surface area contributed by atoms with Crippen molar-refractivity contribution in [1.82, 2.24) is 10.6 Å². The zero-order valence-corrected chi connectivity index (χ0v) is 14.9. The summed E-state index contributed by atoms with van der Waals surface area (Å²) in [5, 5.41) is 8.11. The van der Waals surface area contributed by atoms with Crippen LogP contribution in [0.3, 0.4) is 0 Å². The normalized spacial score (nSPS) is 10.1. The van der Waals surface area contributed by atoms with Crippen molar-refractivity contribution in [3.8, 4) is 0 Å². The van der Waals surface area contributed by atoms with Crippen LogP contribution in [0.15, 0.2) is 48.5 Å². The van der Waals surface area contributed by atoms with E-state index in [1.807, 2.05) is 0 Å². The lowest BCUT2D eigenvalue weighted by Gasteiger charge is -2.11. The molecule has 0 saturated carbocycles. The molecule has 0 aliphatic rings. The van der Waals surface area contributed by atoms with E-state index in [-0.39, 0.29) is 16.6 Å². The third-order valence-electron chi connectivity index (χ3n) is 3.31. The van der Waals surface area contributed by atoms with Gasteiger partial charge in [0.15, 0.2) is 5.11 Å². The lowest BCUT2D eigenvalue weighted by atomic mass is 10.2. The molecule has 2 rings (SSSR count). The Hall–Kier alpha value is -2.84. The molecule has 0 aliphatic heterocycles. The van der Waals surface area contributed by atoms with Gasteiger partial charge in [-0.25, -0.2) is 4.39 Å². The number of hydrogen-bond donors (Lipinski definition) is 3. The lowest BCUT2D eigenvalue weighted by Crippen LogP contribution is -2.34. The fraction of sp³-hybridized carbons (Fsp3) is 0.167. The molecule has 0 bridgehead atoms. The van der Waals surface area contributed by atoms with Crippen LogP contribution in [0.5, 0.6) is 0 Å². The van der Waals surface area contributed by atoms with E-state index in [0.29, 0.717) is 24.4 Å². The number of hydrogen-bond acceptors (Lipinski definition) is 4. The molecule has 2 aromatic rings. The molecule has 0 atom stereocenters. The van der Waals surface area contributed by atoms with Crippen molar-refractivity contribution in [2.24, 2.45) is 0 Å². The van der Waals surface area contributed by atoms with Gasteiger partial charge in [0, 0.05) is 30.5 Å². The van der Waals surface area contributed by atoms with E-state index in [1.165, 1.54) is 24.3 Å². The third-order valence-corrected chi connectivity index (χ3v) is 3.51. The molecule has 0 unspecified atom stereocenters. The molecular weight excluding hydrogens is 357 g/mol. The number of thiocarbonyl (C=S) groups is 1. The van der Waals surface area contributed by atoms with Gasteiger partial charge in [0.2, 0.25) is 0 Å². The van der Waals surface area contributed by atoms with Crippen molar-refractivity contribution in [1.29, 1.82) is 0 Å². The number of rotatable bonds is 6. The third kappa shape index (κ3) is 5.91. The summed E-state index contributed by atoms with van der Waals surface area (Å²) in [6.07, 6.45) is 0. The van der Waals surface area contributed by atoms with E-state index in [2.05, 4.69) is 16.0 Å². The molecule has 6 nitrogen and oxygen atoms in total. The van der Waals surface area contributed by atoms with Gasteiger partial charge in [0.1, 0.15) is 5.82 Å². The van der Waals surface area contributed by atoms with Crippen LogP contribution in [0.25, 0.3) is 0 Å². The van der Waals surface area contributed by atoms with Crippen LogP contribution in [0.4, 0.5) is 10.1 Å². The Kier molecular flexibility index (Phi) is 7.19. The van der Waals surface area contributed by atoms with Gasteiger partial charge in [0.25, 0.3) is 11.8 Å². The maximum atomic E-state index is 12.9. The second kappa shape index (κ2) is 9.59. The number of ether oxygens (including phenoxy) is 1. The van der Waals surface area contributed by atoms with Gasteiger partial charge in [-0.3, -0.25) is 14.9 Å². The highest BCUT2D eigenvalue weighted by molar-refractivity contribution is 7.80. The highest BCUT2D eigenvalue weighted by Crippen LogP contribution is 2.11. The average Bonchev–Trinajstić information content (AvgIpc) is 2.62. The first-order chi connectivity index (χ1) is 12.5. The molecule has 3 N–H and O–H groups in total. The molecule has 136 valence electrons. The summed E-state index contributed by atoms with van der Waals surface area (Å²) in [5.74, 6) is -1.13. The molecule has 0 fully saturated rings. The van der Waals surface area contributed by atoms with Crippen molar-refractivity contribution >= 4 is 34.8 Å². The lowest BCUT2D eigenvalue weighted by molar-refractivity contribution is 0.0935. The van der Waals surface area contributed by atoms with Crippen molar-refractivity contribution < 1.29 is 18.7 Å². The first kappa shape index (κ1) is 19.5. The minimum Gasteiger partial charge on any atom is -0.383 e. The first-order valence-electron chi connectivity index (χ1n) is 7.74. The van der Waals surface area contributed by atoms with Crippen LogP contribution in [0.1, 0.15) is 20.7 Å². The van der Waals surface area contributed by atoms with Crippen LogP contribution in [-0.2, 0) is 4.74 Å². The number of benzene rings is 2. The number of amides is 2. The molecule has 26 heavy (non-hydrogen) atoms. The molecule has 2 amide bonds. The molecule has 0 heterocycles. The summed E-state index contributed by atoms with van der Waals surface area (Å²) in [7, 11) is 1.55. The molecule has 0 radical (unpaired) electrons. The fourth-order valence-electron chi connectivity index (χ4n) is 2.05. The second-order valence-electron chi connectivity index (χ2n) is 5.24. The summed E-state index contributed by atoms with van der Waals surface area (Å²) in [5.41, 5.74) is 1.27. The zero-order valence-electron chi connectivity index (χ0n) is 14.0. The Balaban J connectivity index is 1.94. The minimum absolute atomic E-state index is 0.0660. The van der Waals surface area contributed by atoms with Gasteiger partial charge in [0.05, 0.1) is 6.61 Å². The van der Waals surface area contributed by atoms with Crippen LogP contribution in [0, 0.1) is 5.82 Å². The zero-order chi connectivity index (χ0) is 18.9. The Morgan fingerprint density at radius 2 is 1.81 bits per heavy atom. The number of nitrogens with one attached hydrogen (secondary N) is 3. The topological polar surface area (TPSA) is 79.5 Å². The van der Waals surface area contributed by atoms with E-state index in [0.717, 1.165) is 0 Å². The number of methoxy groups -OCH3 is 1. The summed E-state index contributed by atoms with van der Waals surface area (Å²) < 4.78 is 17.8. The van der Waals surface area contributed by atoms with E-state index in [9.17, 15) is 14.0 Å². The van der Waals surface area contributed by atoms with Crippen molar-refractivity contribution in [2.75, 3.05) is 25.6 Å². The Labute approximate surface area is 155 Å². The molecule has 0 spiro atoms. The molecule has 0 aromatic heterocycles. The molecule has 0 saturated heterocycles.